The molecular formula is C13H17N3O3. The summed E-state index contributed by atoms with van der Waals surface area (Å²) in [6.07, 6.45) is 2.90. The lowest BCUT2D eigenvalue weighted by molar-refractivity contribution is -0.150. The van der Waals surface area contributed by atoms with E-state index in [2.05, 4.69) is 10.2 Å². The molecule has 1 saturated carbocycles. The zero-order valence-electron chi connectivity index (χ0n) is 10.7. The minimum absolute atomic E-state index is 0.326. The molecule has 6 nitrogen and oxygen atoms in total. The molecule has 0 aromatic carbocycles. The maximum atomic E-state index is 10.9. The largest absolute Gasteiger partial charge is 0.479 e. The van der Waals surface area contributed by atoms with E-state index in [0.29, 0.717) is 25.6 Å². The van der Waals surface area contributed by atoms with Crippen molar-refractivity contribution in [3.8, 4) is 0 Å². The average molecular weight is 263 g/mol. The third kappa shape index (κ3) is 2.53. The second-order valence-corrected chi connectivity index (χ2v) is 5.09. The van der Waals surface area contributed by atoms with Crippen molar-refractivity contribution in [1.82, 2.24) is 10.2 Å². The Hall–Kier alpha value is -1.69. The highest BCUT2D eigenvalue weighted by Crippen LogP contribution is 2.35. The molecule has 1 aliphatic heterocycles. The Kier molecular flexibility index (Phi) is 3.33. The summed E-state index contributed by atoms with van der Waals surface area (Å²) >= 11 is 0. The van der Waals surface area contributed by atoms with Crippen LogP contribution in [0.25, 0.3) is 0 Å². The van der Waals surface area contributed by atoms with E-state index in [1.165, 1.54) is 19.3 Å². The summed E-state index contributed by atoms with van der Waals surface area (Å²) < 4.78 is 5.19. The number of carboxylic acid groups (broad SMARTS) is 1. The summed E-state index contributed by atoms with van der Waals surface area (Å²) in [7, 11) is 0. The predicted octanol–water partition coefficient (Wildman–Crippen LogP) is 1.03. The van der Waals surface area contributed by atoms with Crippen LogP contribution in [0, 0.1) is 0 Å². The van der Waals surface area contributed by atoms with Gasteiger partial charge in [0.15, 0.2) is 11.9 Å². The average Bonchev–Trinajstić information content (AvgIpc) is 2.38. The van der Waals surface area contributed by atoms with Crippen molar-refractivity contribution in [1.29, 1.82) is 0 Å². The molecule has 0 amide bonds. The molecule has 2 heterocycles. The summed E-state index contributed by atoms with van der Waals surface area (Å²) in [5.74, 6) is 0.374. The molecule has 6 heteroatoms. The minimum atomic E-state index is -0.927. The first-order valence-corrected chi connectivity index (χ1v) is 6.67. The van der Waals surface area contributed by atoms with E-state index in [0.717, 1.165) is 11.5 Å². The summed E-state index contributed by atoms with van der Waals surface area (Å²) in [5.41, 5.74) is 1.05. The number of carbonyl (C=O) groups is 1. The van der Waals surface area contributed by atoms with Gasteiger partial charge in [-0.1, -0.05) is 6.42 Å². The van der Waals surface area contributed by atoms with Crippen molar-refractivity contribution in [3.05, 3.63) is 17.8 Å². The van der Waals surface area contributed by atoms with Crippen molar-refractivity contribution >= 4 is 11.8 Å². The van der Waals surface area contributed by atoms with Crippen LogP contribution in [-0.2, 0) is 9.53 Å². The number of rotatable bonds is 3. The highest BCUT2D eigenvalue weighted by molar-refractivity contribution is 5.73. The summed E-state index contributed by atoms with van der Waals surface area (Å²) in [6, 6.07) is 3.95. The normalized spacial score (nSPS) is 24.0. The Morgan fingerprint density at radius 2 is 2.21 bits per heavy atom. The number of ether oxygens (including phenoxy) is 1. The van der Waals surface area contributed by atoms with Crippen LogP contribution in [0.4, 0.5) is 5.82 Å². The summed E-state index contributed by atoms with van der Waals surface area (Å²) in [6.45, 7) is 1.39. The molecule has 2 fully saturated rings. The zero-order valence-corrected chi connectivity index (χ0v) is 10.7. The fourth-order valence-corrected chi connectivity index (χ4v) is 2.43. The molecule has 0 radical (unpaired) electrons. The second kappa shape index (κ2) is 5.13. The Labute approximate surface area is 111 Å². The van der Waals surface area contributed by atoms with E-state index in [4.69, 9.17) is 9.84 Å². The number of aromatic nitrogens is 2. The SMILES string of the molecule is O=C(O)C1CN(c2ccc(C3CCC3)nn2)CCO1. The first-order chi connectivity index (χ1) is 9.24. The van der Waals surface area contributed by atoms with E-state index in [9.17, 15) is 4.79 Å². The van der Waals surface area contributed by atoms with Gasteiger partial charge in [-0.05, 0) is 25.0 Å². The topological polar surface area (TPSA) is 75.5 Å². The van der Waals surface area contributed by atoms with Crippen LogP contribution in [0.3, 0.4) is 0 Å². The molecule has 1 aliphatic carbocycles. The highest BCUT2D eigenvalue weighted by Gasteiger charge is 2.27. The molecule has 19 heavy (non-hydrogen) atoms. The predicted molar refractivity (Wildman–Crippen MR) is 68.2 cm³/mol. The van der Waals surface area contributed by atoms with Gasteiger partial charge in [-0.3, -0.25) is 0 Å². The number of hydrogen-bond acceptors (Lipinski definition) is 5. The Morgan fingerprint density at radius 3 is 2.79 bits per heavy atom. The lowest BCUT2D eigenvalue weighted by atomic mass is 9.83. The molecule has 1 atom stereocenters. The van der Waals surface area contributed by atoms with E-state index in [-0.39, 0.29) is 0 Å². The lowest BCUT2D eigenvalue weighted by Crippen LogP contribution is -2.46. The third-order valence-corrected chi connectivity index (χ3v) is 3.86. The number of nitrogens with zero attached hydrogens (tertiary/aromatic N) is 3. The molecule has 0 bridgehead atoms. The van der Waals surface area contributed by atoms with Gasteiger partial charge in [0.2, 0.25) is 0 Å². The van der Waals surface area contributed by atoms with Crippen molar-refractivity contribution in [2.75, 3.05) is 24.6 Å². The van der Waals surface area contributed by atoms with Gasteiger partial charge in [0.25, 0.3) is 0 Å². The first-order valence-electron chi connectivity index (χ1n) is 6.67. The van der Waals surface area contributed by atoms with E-state index in [1.807, 2.05) is 17.0 Å². The van der Waals surface area contributed by atoms with Gasteiger partial charge in [-0.15, -0.1) is 5.10 Å². The van der Waals surface area contributed by atoms with Gasteiger partial charge in [-0.25, -0.2) is 4.79 Å². The van der Waals surface area contributed by atoms with E-state index >= 15 is 0 Å². The standard InChI is InChI=1S/C13H17N3O3/c17-13(18)11-8-16(6-7-19-11)12-5-4-10(14-15-12)9-2-1-3-9/h4-5,9,11H,1-3,6-8H2,(H,17,18). The van der Waals surface area contributed by atoms with Crippen LogP contribution < -0.4 is 4.90 Å². The summed E-state index contributed by atoms with van der Waals surface area (Å²) in [4.78, 5) is 12.8. The van der Waals surface area contributed by atoms with Gasteiger partial charge in [0.05, 0.1) is 18.8 Å². The van der Waals surface area contributed by atoms with Crippen molar-refractivity contribution < 1.29 is 14.6 Å². The molecule has 1 aromatic heterocycles. The second-order valence-electron chi connectivity index (χ2n) is 5.09. The number of aliphatic carboxylic acids is 1. The van der Waals surface area contributed by atoms with E-state index in [1.54, 1.807) is 0 Å². The minimum Gasteiger partial charge on any atom is -0.479 e. The van der Waals surface area contributed by atoms with Crippen LogP contribution in [0.15, 0.2) is 12.1 Å². The Morgan fingerprint density at radius 1 is 1.37 bits per heavy atom. The molecule has 102 valence electrons. The maximum absolute atomic E-state index is 10.9. The van der Waals surface area contributed by atoms with Crippen LogP contribution in [0.1, 0.15) is 30.9 Å². The van der Waals surface area contributed by atoms with Gasteiger partial charge in [0.1, 0.15) is 0 Å². The molecule has 1 saturated heterocycles. The molecular weight excluding hydrogens is 246 g/mol. The fourth-order valence-electron chi connectivity index (χ4n) is 2.43. The van der Waals surface area contributed by atoms with Crippen LogP contribution in [-0.4, -0.2) is 47.1 Å². The molecule has 3 rings (SSSR count). The van der Waals surface area contributed by atoms with Gasteiger partial charge in [-0.2, -0.15) is 5.10 Å². The first kappa shape index (κ1) is 12.3. The van der Waals surface area contributed by atoms with Gasteiger partial charge < -0.3 is 14.7 Å². The number of carboxylic acids is 1. The van der Waals surface area contributed by atoms with Crippen molar-refractivity contribution in [2.24, 2.45) is 0 Å². The molecule has 2 aliphatic rings. The molecule has 1 unspecified atom stereocenters. The number of hydrogen-bond donors (Lipinski definition) is 1. The van der Waals surface area contributed by atoms with Gasteiger partial charge >= 0.3 is 5.97 Å². The number of anilines is 1. The Balaban J connectivity index is 1.69. The molecule has 1 aromatic rings. The molecule has 0 spiro atoms. The molecule has 1 N–H and O–H groups in total. The third-order valence-electron chi connectivity index (χ3n) is 3.86. The lowest BCUT2D eigenvalue weighted by Gasteiger charge is -2.31. The van der Waals surface area contributed by atoms with Crippen molar-refractivity contribution in [3.63, 3.8) is 0 Å². The quantitative estimate of drug-likeness (QED) is 0.878. The van der Waals surface area contributed by atoms with Crippen molar-refractivity contribution in [2.45, 2.75) is 31.3 Å². The highest BCUT2D eigenvalue weighted by atomic mass is 16.5. The van der Waals surface area contributed by atoms with Gasteiger partial charge in [0, 0.05) is 12.5 Å². The smallest absolute Gasteiger partial charge is 0.334 e. The van der Waals surface area contributed by atoms with E-state index < -0.39 is 12.1 Å². The maximum Gasteiger partial charge on any atom is 0.334 e. The van der Waals surface area contributed by atoms with Crippen LogP contribution in [0.2, 0.25) is 0 Å². The Bertz CT molecular complexity index is 459. The summed E-state index contributed by atoms with van der Waals surface area (Å²) in [5, 5.41) is 17.5. The monoisotopic (exact) mass is 263 g/mol. The van der Waals surface area contributed by atoms with Crippen LogP contribution >= 0.6 is 0 Å². The zero-order chi connectivity index (χ0) is 13.2. The fraction of sp³-hybridized carbons (Fsp3) is 0.615. The van der Waals surface area contributed by atoms with Crippen LogP contribution in [0.5, 0.6) is 0 Å². The number of morpholine rings is 1.